The third-order valence-corrected chi connectivity index (χ3v) is 0.903. The maximum absolute atomic E-state index is 8.52. The summed E-state index contributed by atoms with van der Waals surface area (Å²) in [5.74, 6) is 0. The van der Waals surface area contributed by atoms with Crippen LogP contribution in [0.15, 0.2) is 30.3 Å². The van der Waals surface area contributed by atoms with Crippen molar-refractivity contribution < 1.29 is 76.6 Å². The van der Waals surface area contributed by atoms with Crippen LogP contribution in [0.1, 0.15) is 5.56 Å². The quantitative estimate of drug-likeness (QED) is 0.257. The second kappa shape index (κ2) is 11.1. The monoisotopic (exact) mass is 245 g/mol. The van der Waals surface area contributed by atoms with Crippen LogP contribution >= 0.6 is 0 Å². The largest absolute Gasteiger partial charge is 1.00 e. The van der Waals surface area contributed by atoms with Gasteiger partial charge < -0.3 is 9.11 Å². The number of benzene rings is 1. The van der Waals surface area contributed by atoms with E-state index in [1.165, 1.54) is 0 Å². The van der Waals surface area contributed by atoms with Gasteiger partial charge in [-0.3, -0.25) is 8.42 Å². The molecule has 1 rings (SSSR count). The van der Waals surface area contributed by atoms with Crippen LogP contribution in [-0.2, 0) is 10.4 Å². The molecule has 0 radical (unpaired) electrons. The van der Waals surface area contributed by atoms with Crippen LogP contribution in [0.25, 0.3) is 0 Å². The zero-order chi connectivity index (χ0) is 10.3. The van der Waals surface area contributed by atoms with Crippen molar-refractivity contribution in [2.45, 2.75) is 0 Å². The molecule has 0 saturated heterocycles. The van der Waals surface area contributed by atoms with Gasteiger partial charge in [-0.05, 0) is 12.1 Å². The van der Waals surface area contributed by atoms with Gasteiger partial charge in [0.1, 0.15) is 0 Å². The molecule has 0 amide bonds. The Hall–Kier alpha value is 0.580. The molecule has 0 heterocycles. The predicted octanol–water partition coefficient (Wildman–Crippen LogP) is -5.77. The Morgan fingerprint density at radius 1 is 1.07 bits per heavy atom. The van der Waals surface area contributed by atoms with Crippen molar-refractivity contribution in [2.75, 3.05) is 0 Å². The third kappa shape index (κ3) is 20.6. The first kappa shape index (κ1) is 20.9. The van der Waals surface area contributed by atoms with E-state index in [1.807, 2.05) is 24.3 Å². The molecule has 0 aromatic heterocycles. The Kier molecular flexibility index (Phi) is 15.5. The summed E-state index contributed by atoms with van der Waals surface area (Å²) >= 11 is 0. The van der Waals surface area contributed by atoms with Crippen molar-refractivity contribution in [3.8, 4) is 6.07 Å². The molecule has 0 aliphatic carbocycles. The molecule has 0 unspecified atom stereocenters. The number of nitrogens with zero attached hydrogens (tertiary/aromatic N) is 1. The third-order valence-electron chi connectivity index (χ3n) is 0.903. The number of nitriles is 1. The zero-order valence-corrected chi connectivity index (χ0v) is 13.2. The zero-order valence-electron chi connectivity index (χ0n) is 8.38. The molecule has 15 heavy (non-hydrogen) atoms. The first-order valence-corrected chi connectivity index (χ1v) is 4.38. The van der Waals surface area contributed by atoms with E-state index in [0.29, 0.717) is 5.56 Å². The molecule has 8 heteroatoms. The molecule has 0 atom stereocenters. The summed E-state index contributed by atoms with van der Waals surface area (Å²) in [7, 11) is -5.17. The molecule has 1 aromatic carbocycles. The van der Waals surface area contributed by atoms with Gasteiger partial charge in [0.2, 0.25) is 0 Å². The normalized spacial score (nSPS) is 8.07. The van der Waals surface area contributed by atoms with Gasteiger partial charge in [0, 0.05) is 10.4 Å². The second-order valence-electron chi connectivity index (χ2n) is 1.89. The van der Waals surface area contributed by atoms with Crippen LogP contribution in [0, 0.1) is 11.3 Å². The summed E-state index contributed by atoms with van der Waals surface area (Å²) in [5, 5.41) is 8.29. The first-order valence-electron chi connectivity index (χ1n) is 3.05. The SMILES string of the molecule is N#Cc1ccccc1.O=S(=O)([O-])[O-].[Na+].[Na+]. The minimum Gasteiger partial charge on any atom is -0.759 e. The minimum atomic E-state index is -5.17. The molecule has 0 spiro atoms. The van der Waals surface area contributed by atoms with Crippen LogP contribution in [-0.4, -0.2) is 17.5 Å². The molecule has 0 saturated carbocycles. The van der Waals surface area contributed by atoms with Crippen molar-refractivity contribution >= 4 is 10.4 Å². The molecular weight excluding hydrogens is 240 g/mol. The van der Waals surface area contributed by atoms with Crippen LogP contribution in [0.2, 0.25) is 0 Å². The van der Waals surface area contributed by atoms with E-state index >= 15 is 0 Å². The molecule has 0 aliphatic rings. The molecule has 0 bridgehead atoms. The van der Waals surface area contributed by atoms with E-state index in [-0.39, 0.29) is 59.1 Å². The molecule has 0 fully saturated rings. The average Bonchev–Trinajstić information content (AvgIpc) is 2.03. The Morgan fingerprint density at radius 2 is 1.40 bits per heavy atom. The van der Waals surface area contributed by atoms with Gasteiger partial charge in [0.15, 0.2) is 0 Å². The Bertz CT molecular complexity index is 379. The Balaban J connectivity index is -0.000000185. The van der Waals surface area contributed by atoms with E-state index in [2.05, 4.69) is 0 Å². The van der Waals surface area contributed by atoms with Crippen LogP contribution < -0.4 is 59.1 Å². The van der Waals surface area contributed by atoms with Gasteiger partial charge in [0.05, 0.1) is 11.6 Å². The fourth-order valence-corrected chi connectivity index (χ4v) is 0.513. The predicted molar refractivity (Wildman–Crippen MR) is 41.6 cm³/mol. The summed E-state index contributed by atoms with van der Waals surface area (Å²) in [6.07, 6.45) is 0. The van der Waals surface area contributed by atoms with E-state index in [0.717, 1.165) is 0 Å². The molecule has 0 N–H and O–H groups in total. The number of rotatable bonds is 0. The fraction of sp³-hybridized carbons (Fsp3) is 0. The Morgan fingerprint density at radius 3 is 1.60 bits per heavy atom. The molecule has 1 aromatic rings. The van der Waals surface area contributed by atoms with Crippen LogP contribution in [0.4, 0.5) is 0 Å². The van der Waals surface area contributed by atoms with Crippen LogP contribution in [0.3, 0.4) is 0 Å². The summed E-state index contributed by atoms with van der Waals surface area (Å²) in [6, 6.07) is 11.2. The van der Waals surface area contributed by atoms with E-state index in [9.17, 15) is 0 Å². The van der Waals surface area contributed by atoms with Crippen molar-refractivity contribution in [1.29, 1.82) is 5.26 Å². The molecule has 0 aliphatic heterocycles. The van der Waals surface area contributed by atoms with Gasteiger partial charge in [-0.25, -0.2) is 0 Å². The standard InChI is InChI=1S/C7H5N.2Na.H2O4S/c8-6-7-4-2-1-3-5-7;;;1-5(2,3)4/h1-5H;;;(H2,1,2,3,4)/q;2*+1;/p-2. The van der Waals surface area contributed by atoms with Crippen molar-refractivity contribution in [1.82, 2.24) is 0 Å². The average molecular weight is 245 g/mol. The van der Waals surface area contributed by atoms with Gasteiger partial charge in [-0.15, -0.1) is 0 Å². The van der Waals surface area contributed by atoms with Gasteiger partial charge in [-0.2, -0.15) is 5.26 Å². The first-order chi connectivity index (χ1) is 5.93. The topological polar surface area (TPSA) is 104 Å². The molecule has 5 nitrogen and oxygen atoms in total. The molecule has 70 valence electrons. The maximum atomic E-state index is 8.52. The van der Waals surface area contributed by atoms with E-state index in [1.54, 1.807) is 12.1 Å². The smallest absolute Gasteiger partial charge is 0.759 e. The van der Waals surface area contributed by atoms with Gasteiger partial charge in [0.25, 0.3) is 0 Å². The Labute approximate surface area is 133 Å². The summed E-state index contributed by atoms with van der Waals surface area (Å²) in [5.41, 5.74) is 0.715. The van der Waals surface area contributed by atoms with Crippen molar-refractivity contribution in [3.63, 3.8) is 0 Å². The van der Waals surface area contributed by atoms with E-state index < -0.39 is 10.4 Å². The number of hydrogen-bond donors (Lipinski definition) is 0. The maximum Gasteiger partial charge on any atom is 1.00 e. The van der Waals surface area contributed by atoms with Crippen molar-refractivity contribution in [2.24, 2.45) is 0 Å². The summed E-state index contributed by atoms with van der Waals surface area (Å²) < 4.78 is 34.1. The van der Waals surface area contributed by atoms with E-state index in [4.69, 9.17) is 22.8 Å². The van der Waals surface area contributed by atoms with Gasteiger partial charge >= 0.3 is 59.1 Å². The molecular formula is C7H5NNa2O4S. The second-order valence-corrected chi connectivity index (χ2v) is 2.70. The van der Waals surface area contributed by atoms with Crippen LogP contribution in [0.5, 0.6) is 0 Å². The van der Waals surface area contributed by atoms with Crippen molar-refractivity contribution in [3.05, 3.63) is 35.9 Å². The number of hydrogen-bond acceptors (Lipinski definition) is 5. The summed E-state index contributed by atoms with van der Waals surface area (Å²) in [6.45, 7) is 0. The van der Waals surface area contributed by atoms with Gasteiger partial charge in [-0.1, -0.05) is 18.2 Å². The fourth-order valence-electron chi connectivity index (χ4n) is 0.513. The minimum absolute atomic E-state index is 0. The summed E-state index contributed by atoms with van der Waals surface area (Å²) in [4.78, 5) is 0.